The van der Waals surface area contributed by atoms with Crippen molar-refractivity contribution < 1.29 is 4.74 Å². The van der Waals surface area contributed by atoms with Crippen molar-refractivity contribution in [2.45, 2.75) is 12.8 Å². The molecule has 1 N–H and O–H groups in total. The minimum Gasteiger partial charge on any atom is -0.481 e. The Morgan fingerprint density at radius 2 is 2.41 bits per heavy atom. The number of hydrogen-bond donors (Lipinski definition) is 1. The van der Waals surface area contributed by atoms with Gasteiger partial charge in [0.05, 0.1) is 7.11 Å². The van der Waals surface area contributed by atoms with E-state index in [2.05, 4.69) is 21.3 Å². The van der Waals surface area contributed by atoms with Crippen molar-refractivity contribution in [2.24, 2.45) is 5.41 Å². The molecular weight excluding hydrogens is 214 g/mol. The third-order valence-electron chi connectivity index (χ3n) is 4.06. The minimum atomic E-state index is 0.510. The zero-order valence-corrected chi connectivity index (χ0v) is 10.3. The van der Waals surface area contributed by atoms with Gasteiger partial charge in [0.1, 0.15) is 0 Å². The molecule has 2 aliphatic heterocycles. The Bertz CT molecular complexity index is 401. The Morgan fingerprint density at radius 3 is 3.18 bits per heavy atom. The van der Waals surface area contributed by atoms with E-state index in [9.17, 15) is 0 Å². The van der Waals surface area contributed by atoms with Crippen molar-refractivity contribution in [3.8, 4) is 5.88 Å². The number of rotatable bonds is 2. The smallest absolute Gasteiger partial charge is 0.214 e. The van der Waals surface area contributed by atoms with Gasteiger partial charge in [-0.2, -0.15) is 0 Å². The van der Waals surface area contributed by atoms with E-state index in [4.69, 9.17) is 4.74 Å². The van der Waals surface area contributed by atoms with Crippen molar-refractivity contribution in [1.82, 2.24) is 10.3 Å². The first-order valence-electron chi connectivity index (χ1n) is 6.27. The second-order valence-electron chi connectivity index (χ2n) is 5.15. The van der Waals surface area contributed by atoms with Crippen LogP contribution in [0.15, 0.2) is 18.3 Å². The molecule has 0 amide bonds. The number of aromatic nitrogens is 1. The number of pyridine rings is 1. The molecule has 4 nitrogen and oxygen atoms in total. The molecule has 92 valence electrons. The molecule has 2 aliphatic rings. The summed E-state index contributed by atoms with van der Waals surface area (Å²) in [5, 5.41) is 3.49. The van der Waals surface area contributed by atoms with Crippen LogP contribution in [0, 0.1) is 5.41 Å². The maximum atomic E-state index is 5.18. The van der Waals surface area contributed by atoms with E-state index in [0.717, 1.165) is 13.1 Å². The minimum absolute atomic E-state index is 0.510. The molecule has 4 heteroatoms. The van der Waals surface area contributed by atoms with Crippen LogP contribution >= 0.6 is 0 Å². The highest BCUT2D eigenvalue weighted by molar-refractivity contribution is 5.49. The second-order valence-corrected chi connectivity index (χ2v) is 5.15. The van der Waals surface area contributed by atoms with Gasteiger partial charge in [0.2, 0.25) is 5.88 Å². The first kappa shape index (κ1) is 10.8. The lowest BCUT2D eigenvalue weighted by Crippen LogP contribution is -2.29. The summed E-state index contributed by atoms with van der Waals surface area (Å²) in [5.74, 6) is 0.702. The number of nitrogens with one attached hydrogen (secondary N) is 1. The molecule has 17 heavy (non-hydrogen) atoms. The largest absolute Gasteiger partial charge is 0.481 e. The highest BCUT2D eigenvalue weighted by Gasteiger charge is 2.40. The van der Waals surface area contributed by atoms with Crippen LogP contribution in [0.5, 0.6) is 5.88 Å². The average Bonchev–Trinajstić information content (AvgIpc) is 3.01. The van der Waals surface area contributed by atoms with Gasteiger partial charge in [-0.1, -0.05) is 0 Å². The summed E-state index contributed by atoms with van der Waals surface area (Å²) >= 11 is 0. The lowest BCUT2D eigenvalue weighted by molar-refractivity contribution is 0.369. The van der Waals surface area contributed by atoms with Gasteiger partial charge < -0.3 is 15.0 Å². The van der Waals surface area contributed by atoms with Gasteiger partial charge in [-0.05, 0) is 25.5 Å². The van der Waals surface area contributed by atoms with Gasteiger partial charge in [0, 0.05) is 43.0 Å². The van der Waals surface area contributed by atoms with Gasteiger partial charge in [0.15, 0.2) is 0 Å². The summed E-state index contributed by atoms with van der Waals surface area (Å²) in [6.45, 7) is 4.65. The maximum Gasteiger partial charge on any atom is 0.214 e. The van der Waals surface area contributed by atoms with Gasteiger partial charge >= 0.3 is 0 Å². The van der Waals surface area contributed by atoms with Crippen LogP contribution in [-0.2, 0) is 0 Å². The molecule has 2 saturated heterocycles. The topological polar surface area (TPSA) is 37.4 Å². The molecule has 0 aromatic carbocycles. The highest BCUT2D eigenvalue weighted by atomic mass is 16.5. The number of methoxy groups -OCH3 is 1. The SMILES string of the molecule is COc1cc(N2CCC3(CCNC3)C2)ccn1. The number of anilines is 1. The maximum absolute atomic E-state index is 5.18. The third kappa shape index (κ3) is 1.97. The molecule has 1 unspecified atom stereocenters. The monoisotopic (exact) mass is 233 g/mol. The van der Waals surface area contributed by atoms with Gasteiger partial charge in [-0.25, -0.2) is 4.98 Å². The van der Waals surface area contributed by atoms with Crippen molar-refractivity contribution in [1.29, 1.82) is 0 Å². The van der Waals surface area contributed by atoms with Crippen LogP contribution in [0.4, 0.5) is 5.69 Å². The van der Waals surface area contributed by atoms with E-state index in [-0.39, 0.29) is 0 Å². The zero-order chi connectivity index (χ0) is 11.7. The lowest BCUT2D eigenvalue weighted by Gasteiger charge is -2.24. The van der Waals surface area contributed by atoms with Crippen molar-refractivity contribution >= 4 is 5.69 Å². The number of hydrogen-bond acceptors (Lipinski definition) is 4. The summed E-state index contributed by atoms with van der Waals surface area (Å²) in [7, 11) is 1.67. The van der Waals surface area contributed by atoms with Crippen LogP contribution in [0.2, 0.25) is 0 Å². The number of nitrogens with zero attached hydrogens (tertiary/aromatic N) is 2. The summed E-state index contributed by atoms with van der Waals surface area (Å²) < 4.78 is 5.18. The van der Waals surface area contributed by atoms with Crippen molar-refractivity contribution in [3.63, 3.8) is 0 Å². The van der Waals surface area contributed by atoms with E-state index in [0.29, 0.717) is 11.3 Å². The first-order valence-corrected chi connectivity index (χ1v) is 6.27. The summed E-state index contributed by atoms with van der Waals surface area (Å²) in [6, 6.07) is 4.10. The Balaban J connectivity index is 1.77. The second kappa shape index (κ2) is 4.18. The normalized spacial score (nSPS) is 27.9. The van der Waals surface area contributed by atoms with E-state index >= 15 is 0 Å². The fraction of sp³-hybridized carbons (Fsp3) is 0.615. The number of ether oxygens (including phenoxy) is 1. The molecule has 1 aromatic rings. The predicted molar refractivity (Wildman–Crippen MR) is 67.5 cm³/mol. The van der Waals surface area contributed by atoms with E-state index in [1.165, 1.54) is 31.6 Å². The molecule has 0 aliphatic carbocycles. The lowest BCUT2D eigenvalue weighted by atomic mass is 9.86. The standard InChI is InChI=1S/C13H19N3O/c1-17-12-8-11(2-5-15-12)16-7-4-13(10-16)3-6-14-9-13/h2,5,8,14H,3-4,6-7,9-10H2,1H3. The Kier molecular flexibility index (Phi) is 2.67. The van der Waals surface area contributed by atoms with Crippen molar-refractivity contribution in [3.05, 3.63) is 18.3 Å². The fourth-order valence-corrected chi connectivity index (χ4v) is 3.01. The van der Waals surface area contributed by atoms with Crippen LogP contribution in [0.1, 0.15) is 12.8 Å². The third-order valence-corrected chi connectivity index (χ3v) is 4.06. The molecule has 3 heterocycles. The van der Waals surface area contributed by atoms with Gasteiger partial charge in [0.25, 0.3) is 0 Å². The van der Waals surface area contributed by atoms with Crippen LogP contribution in [0.3, 0.4) is 0 Å². The van der Waals surface area contributed by atoms with Gasteiger partial charge in [-0.15, -0.1) is 0 Å². The molecule has 1 aromatic heterocycles. The fourth-order valence-electron chi connectivity index (χ4n) is 3.01. The van der Waals surface area contributed by atoms with E-state index in [1.807, 2.05) is 12.3 Å². The first-order chi connectivity index (χ1) is 8.31. The van der Waals surface area contributed by atoms with Crippen LogP contribution in [-0.4, -0.2) is 38.3 Å². The van der Waals surface area contributed by atoms with E-state index < -0.39 is 0 Å². The molecular formula is C13H19N3O. The molecule has 1 atom stereocenters. The highest BCUT2D eigenvalue weighted by Crippen LogP contribution is 2.38. The van der Waals surface area contributed by atoms with E-state index in [1.54, 1.807) is 7.11 Å². The molecule has 0 bridgehead atoms. The van der Waals surface area contributed by atoms with Crippen LogP contribution < -0.4 is 15.0 Å². The molecule has 0 saturated carbocycles. The van der Waals surface area contributed by atoms with Gasteiger partial charge in [-0.3, -0.25) is 0 Å². The van der Waals surface area contributed by atoms with Crippen molar-refractivity contribution in [2.75, 3.05) is 38.2 Å². The average molecular weight is 233 g/mol. The molecule has 0 radical (unpaired) electrons. The summed E-state index contributed by atoms with van der Waals surface area (Å²) in [6.07, 6.45) is 4.43. The molecule has 2 fully saturated rings. The molecule has 1 spiro atoms. The zero-order valence-electron chi connectivity index (χ0n) is 10.3. The van der Waals surface area contributed by atoms with Crippen LogP contribution in [0.25, 0.3) is 0 Å². The molecule has 3 rings (SSSR count). The predicted octanol–water partition coefficient (Wildman–Crippen LogP) is 1.28. The Labute approximate surface area is 102 Å². The quantitative estimate of drug-likeness (QED) is 0.835. The summed E-state index contributed by atoms with van der Waals surface area (Å²) in [4.78, 5) is 6.61. The summed E-state index contributed by atoms with van der Waals surface area (Å²) in [5.41, 5.74) is 1.75. The Morgan fingerprint density at radius 1 is 1.47 bits per heavy atom. The Hall–Kier alpha value is -1.29.